The lowest BCUT2D eigenvalue weighted by Gasteiger charge is -2.27. The lowest BCUT2D eigenvalue weighted by atomic mass is 9.84. The van der Waals surface area contributed by atoms with Crippen molar-refractivity contribution in [2.45, 2.75) is 109 Å². The first-order valence-corrected chi connectivity index (χ1v) is 17.7. The number of hydrogen-bond acceptors (Lipinski definition) is 8. The highest BCUT2D eigenvalue weighted by molar-refractivity contribution is 7.98. The molecule has 1 aromatic carbocycles. The van der Waals surface area contributed by atoms with Gasteiger partial charge < -0.3 is 37.2 Å². The topological polar surface area (TPSA) is 200 Å². The molecule has 0 saturated heterocycles. The second-order valence-corrected chi connectivity index (χ2v) is 13.2. The SMILES string of the molecule is [2H]N[C@@H](Cc1c(C)cc(O)cc1C)C(=O)N[C@@H](CCSC)C(=O)NCC(=O)N[C@@H](CC1CCCCC1)C(=O)NCCCCCC(=O)O. The zero-order valence-corrected chi connectivity index (χ0v) is 28.2. The van der Waals surface area contributed by atoms with Crippen molar-refractivity contribution in [1.82, 2.24) is 21.3 Å². The summed E-state index contributed by atoms with van der Waals surface area (Å²) in [6, 6.07) is 0.527. The Kier molecular flexibility index (Phi) is 16.7. The molecule has 8 N–H and O–H groups in total. The molecule has 0 unspecified atom stereocenters. The summed E-state index contributed by atoms with van der Waals surface area (Å²) >= 11 is 1.50. The molecule has 1 saturated carbocycles. The van der Waals surface area contributed by atoms with Gasteiger partial charge in [-0.05, 0) is 92.7 Å². The number of carbonyl (C=O) groups is 5. The molecule has 4 amide bonds. The molecule has 1 fully saturated rings. The summed E-state index contributed by atoms with van der Waals surface area (Å²) in [6.45, 7) is 3.63. The quantitative estimate of drug-likeness (QED) is 0.0965. The molecule has 13 heteroatoms. The molecule has 2 rings (SSSR count). The molecule has 258 valence electrons. The normalized spacial score (nSPS) is 15.6. The highest BCUT2D eigenvalue weighted by Gasteiger charge is 2.28. The molecule has 0 bridgehead atoms. The van der Waals surface area contributed by atoms with Gasteiger partial charge in [-0.3, -0.25) is 24.0 Å². The van der Waals surface area contributed by atoms with E-state index in [4.69, 9.17) is 6.52 Å². The molecule has 1 aliphatic rings. The van der Waals surface area contributed by atoms with Gasteiger partial charge in [-0.2, -0.15) is 11.8 Å². The number of benzene rings is 1. The molecule has 46 heavy (non-hydrogen) atoms. The Morgan fingerprint density at radius 2 is 1.63 bits per heavy atom. The fraction of sp³-hybridized carbons (Fsp3) is 0.667. The molecule has 0 aliphatic heterocycles. The van der Waals surface area contributed by atoms with E-state index in [2.05, 4.69) is 27.0 Å². The van der Waals surface area contributed by atoms with Crippen LogP contribution in [0.25, 0.3) is 0 Å². The van der Waals surface area contributed by atoms with Crippen LogP contribution < -0.4 is 27.0 Å². The number of hydrogen-bond donors (Lipinski definition) is 7. The number of carboxylic acids is 1. The van der Waals surface area contributed by atoms with E-state index in [1.54, 1.807) is 12.1 Å². The van der Waals surface area contributed by atoms with Crippen molar-refractivity contribution in [2.24, 2.45) is 11.6 Å². The lowest BCUT2D eigenvalue weighted by molar-refractivity contribution is -0.137. The number of carboxylic acid groups (broad SMARTS) is 1. The number of unbranched alkanes of at least 4 members (excludes halogenated alkanes) is 2. The largest absolute Gasteiger partial charge is 0.508 e. The number of rotatable bonds is 21. The maximum absolute atomic E-state index is 13.2. The predicted molar refractivity (Wildman–Crippen MR) is 179 cm³/mol. The van der Waals surface area contributed by atoms with E-state index in [-0.39, 0.29) is 31.0 Å². The van der Waals surface area contributed by atoms with Gasteiger partial charge in [0.1, 0.15) is 19.2 Å². The van der Waals surface area contributed by atoms with E-state index in [0.717, 1.165) is 48.8 Å². The Hall–Kier alpha value is -3.32. The maximum Gasteiger partial charge on any atom is 0.303 e. The highest BCUT2D eigenvalue weighted by Crippen LogP contribution is 2.27. The number of aromatic hydroxyl groups is 1. The van der Waals surface area contributed by atoms with Crippen LogP contribution in [0.3, 0.4) is 0 Å². The second kappa shape index (κ2) is 20.7. The summed E-state index contributed by atoms with van der Waals surface area (Å²) < 4.78 is 7.76. The number of phenols is 1. The monoisotopic (exact) mass is 664 g/mol. The van der Waals surface area contributed by atoms with Gasteiger partial charge in [-0.25, -0.2) is 0 Å². The fourth-order valence-corrected chi connectivity index (χ4v) is 6.27. The number of aryl methyl sites for hydroxylation is 2. The molecular weight excluding hydrogens is 610 g/mol. The summed E-state index contributed by atoms with van der Waals surface area (Å²) in [5, 5.41) is 29.6. The van der Waals surface area contributed by atoms with E-state index >= 15 is 0 Å². The van der Waals surface area contributed by atoms with Gasteiger partial charge in [0.05, 0.1) is 12.6 Å². The minimum atomic E-state index is -0.957. The van der Waals surface area contributed by atoms with Crippen LogP contribution in [0.4, 0.5) is 0 Å². The Balaban J connectivity index is 1.98. The average molecular weight is 665 g/mol. The van der Waals surface area contributed by atoms with Gasteiger partial charge in [0.15, 0.2) is 0 Å². The third-order valence-electron chi connectivity index (χ3n) is 8.38. The van der Waals surface area contributed by atoms with Crippen LogP contribution in [0.5, 0.6) is 5.75 Å². The molecule has 0 spiro atoms. The summed E-state index contributed by atoms with van der Waals surface area (Å²) in [5.41, 5.74) is 4.66. The first-order valence-electron chi connectivity index (χ1n) is 16.8. The van der Waals surface area contributed by atoms with Crippen LogP contribution >= 0.6 is 11.8 Å². The number of phenolic OH excluding ortho intramolecular Hbond substituents is 1. The number of aliphatic carboxylic acids is 1. The summed E-state index contributed by atoms with van der Waals surface area (Å²) in [5.74, 6) is -1.75. The summed E-state index contributed by atoms with van der Waals surface area (Å²) in [4.78, 5) is 63.1. The van der Waals surface area contributed by atoms with Gasteiger partial charge in [-0.1, -0.05) is 38.5 Å². The van der Waals surface area contributed by atoms with Crippen molar-refractivity contribution in [3.8, 4) is 5.75 Å². The van der Waals surface area contributed by atoms with Gasteiger partial charge in [0, 0.05) is 13.0 Å². The predicted octanol–water partition coefficient (Wildman–Crippen LogP) is 2.45. The minimum Gasteiger partial charge on any atom is -0.508 e. The van der Waals surface area contributed by atoms with Crippen LogP contribution in [-0.4, -0.2) is 83.0 Å². The number of amides is 4. The van der Waals surface area contributed by atoms with Crippen LogP contribution in [0.15, 0.2) is 12.1 Å². The van der Waals surface area contributed by atoms with E-state index in [9.17, 15) is 29.1 Å². The zero-order valence-electron chi connectivity index (χ0n) is 28.4. The van der Waals surface area contributed by atoms with Crippen molar-refractivity contribution < 1.29 is 35.6 Å². The zero-order chi connectivity index (χ0) is 34.8. The molecule has 1 aromatic rings. The molecule has 12 nitrogen and oxygen atoms in total. The fourth-order valence-electron chi connectivity index (χ4n) is 5.80. The van der Waals surface area contributed by atoms with Gasteiger partial charge in [-0.15, -0.1) is 0 Å². The van der Waals surface area contributed by atoms with Crippen molar-refractivity contribution in [3.05, 3.63) is 28.8 Å². The molecular formula is C33H53N5O7S. The van der Waals surface area contributed by atoms with E-state index in [1.165, 1.54) is 11.8 Å². The van der Waals surface area contributed by atoms with Crippen molar-refractivity contribution in [3.63, 3.8) is 0 Å². The Labute approximate surface area is 278 Å². The lowest BCUT2D eigenvalue weighted by Crippen LogP contribution is -2.54. The van der Waals surface area contributed by atoms with Crippen molar-refractivity contribution in [1.29, 1.82) is 0 Å². The standard InChI is InChI=1S/C33H53N5O7S/c1-21-16-24(39)17-22(2)25(21)19-26(34)31(43)38-27(13-15-46-3)32(44)36-20-29(40)37-28(18-23-10-6-4-7-11-23)33(45)35-14-9-5-8-12-30(41)42/h16-17,23,26-28,39H,4-15,18-20,34H2,1-3H3,(H,35,45)(H,36,44)(H,37,40)(H,38,43)(H,41,42)/t26-,27-,28-/m0/s1/i/hD. The molecule has 3 atom stereocenters. The third-order valence-corrected chi connectivity index (χ3v) is 9.03. The van der Waals surface area contributed by atoms with E-state index < -0.39 is 41.8 Å². The number of carbonyl (C=O) groups excluding carboxylic acids is 4. The van der Waals surface area contributed by atoms with Crippen LogP contribution in [0.2, 0.25) is 1.41 Å². The Morgan fingerprint density at radius 1 is 0.957 bits per heavy atom. The molecule has 0 radical (unpaired) electrons. The van der Waals surface area contributed by atoms with Crippen molar-refractivity contribution >= 4 is 41.4 Å². The third kappa shape index (κ3) is 14.4. The van der Waals surface area contributed by atoms with Gasteiger partial charge in [0.2, 0.25) is 23.6 Å². The van der Waals surface area contributed by atoms with E-state index in [1.807, 2.05) is 20.1 Å². The average Bonchev–Trinajstić information content (AvgIpc) is 3.03. The van der Waals surface area contributed by atoms with Crippen LogP contribution in [0, 0.1) is 19.8 Å². The van der Waals surface area contributed by atoms with Gasteiger partial charge in [0.25, 0.3) is 0 Å². The molecule has 1 aliphatic carbocycles. The molecule has 0 aromatic heterocycles. The van der Waals surface area contributed by atoms with Crippen LogP contribution in [0.1, 0.15) is 87.3 Å². The van der Waals surface area contributed by atoms with Gasteiger partial charge >= 0.3 is 5.97 Å². The number of nitrogens with two attached hydrogens (primary N) is 1. The first kappa shape index (κ1) is 37.1. The van der Waals surface area contributed by atoms with Crippen LogP contribution in [-0.2, 0) is 30.4 Å². The van der Waals surface area contributed by atoms with Crippen molar-refractivity contribution in [2.75, 3.05) is 25.1 Å². The molecule has 0 heterocycles. The Morgan fingerprint density at radius 3 is 2.26 bits per heavy atom. The minimum absolute atomic E-state index is 0.0861. The Bertz CT molecular complexity index is 1170. The number of nitrogens with one attached hydrogen (secondary N) is 4. The van der Waals surface area contributed by atoms with E-state index in [0.29, 0.717) is 50.3 Å². The number of thioether (sulfide) groups is 1. The first-order chi connectivity index (χ1) is 22.4. The maximum atomic E-state index is 13.2. The highest BCUT2D eigenvalue weighted by atomic mass is 32.2. The summed E-state index contributed by atoms with van der Waals surface area (Å²) in [7, 11) is 0. The summed E-state index contributed by atoms with van der Waals surface area (Å²) in [6.07, 6.45) is 10.1. The second-order valence-electron chi connectivity index (χ2n) is 12.2. The smallest absolute Gasteiger partial charge is 0.303 e.